The smallest absolute Gasteiger partial charge is 0.312 e. The van der Waals surface area contributed by atoms with Crippen LogP contribution in [0.2, 0.25) is 0 Å². The number of carboxylic acid groups (broad SMARTS) is 1. The van der Waals surface area contributed by atoms with Crippen LogP contribution < -0.4 is 0 Å². The highest BCUT2D eigenvalue weighted by Crippen LogP contribution is 2.30. The molecule has 1 aliphatic rings. The molecular formula is C18H25NO3. The van der Waals surface area contributed by atoms with Gasteiger partial charge in [-0.05, 0) is 24.0 Å². The van der Waals surface area contributed by atoms with E-state index < -0.39 is 11.9 Å². The number of carboxylic acids is 1. The van der Waals surface area contributed by atoms with E-state index in [4.69, 9.17) is 0 Å². The van der Waals surface area contributed by atoms with E-state index in [0.717, 1.165) is 36.8 Å². The van der Waals surface area contributed by atoms with Gasteiger partial charge in [-0.2, -0.15) is 0 Å². The average molecular weight is 303 g/mol. The lowest BCUT2D eigenvalue weighted by molar-refractivity contribution is -0.143. The highest BCUT2D eigenvalue weighted by Gasteiger charge is 2.34. The predicted molar refractivity (Wildman–Crippen MR) is 85.5 cm³/mol. The van der Waals surface area contributed by atoms with Crippen LogP contribution in [0.1, 0.15) is 56.6 Å². The Morgan fingerprint density at radius 2 is 1.86 bits per heavy atom. The van der Waals surface area contributed by atoms with Gasteiger partial charge in [0, 0.05) is 19.0 Å². The number of amides is 1. The van der Waals surface area contributed by atoms with Crippen molar-refractivity contribution >= 4 is 11.9 Å². The lowest BCUT2D eigenvalue weighted by Crippen LogP contribution is -2.43. The molecule has 0 saturated carbocycles. The van der Waals surface area contributed by atoms with Crippen LogP contribution in [-0.2, 0) is 16.1 Å². The molecule has 1 atom stereocenters. The molecule has 0 fully saturated rings. The molecule has 2 rings (SSSR count). The van der Waals surface area contributed by atoms with Crippen LogP contribution >= 0.6 is 0 Å². The molecule has 0 aliphatic carbocycles. The van der Waals surface area contributed by atoms with E-state index in [0.29, 0.717) is 6.54 Å². The summed E-state index contributed by atoms with van der Waals surface area (Å²) in [6.45, 7) is 4.99. The van der Waals surface area contributed by atoms with Crippen LogP contribution in [0.25, 0.3) is 0 Å². The van der Waals surface area contributed by atoms with Crippen LogP contribution in [0.5, 0.6) is 0 Å². The molecular weight excluding hydrogens is 278 g/mol. The van der Waals surface area contributed by atoms with Crippen molar-refractivity contribution in [1.82, 2.24) is 4.90 Å². The summed E-state index contributed by atoms with van der Waals surface area (Å²) in [4.78, 5) is 26.1. The maximum atomic E-state index is 12.8. The van der Waals surface area contributed by atoms with E-state index in [9.17, 15) is 14.7 Å². The molecule has 1 N–H and O–H groups in total. The SMILES string of the molecule is CCCC(CCC)C(=O)N1Cc2ccccc2C(C(=O)O)C1. The molecule has 1 amide bonds. The minimum Gasteiger partial charge on any atom is -0.481 e. The first-order chi connectivity index (χ1) is 10.6. The van der Waals surface area contributed by atoms with Crippen LogP contribution in [-0.4, -0.2) is 28.4 Å². The molecule has 1 aromatic rings. The van der Waals surface area contributed by atoms with Gasteiger partial charge in [0.15, 0.2) is 0 Å². The summed E-state index contributed by atoms with van der Waals surface area (Å²) in [7, 11) is 0. The number of rotatable bonds is 6. The Kier molecular flexibility index (Phi) is 5.58. The molecule has 0 radical (unpaired) electrons. The first-order valence-electron chi connectivity index (χ1n) is 8.17. The number of hydrogen-bond acceptors (Lipinski definition) is 2. The van der Waals surface area contributed by atoms with Gasteiger partial charge < -0.3 is 10.0 Å². The van der Waals surface area contributed by atoms with Gasteiger partial charge in [-0.25, -0.2) is 0 Å². The molecule has 4 nitrogen and oxygen atoms in total. The summed E-state index contributed by atoms with van der Waals surface area (Å²) in [6, 6.07) is 7.56. The lowest BCUT2D eigenvalue weighted by atomic mass is 9.88. The second-order valence-electron chi connectivity index (χ2n) is 6.08. The van der Waals surface area contributed by atoms with Crippen molar-refractivity contribution in [1.29, 1.82) is 0 Å². The third-order valence-corrected chi connectivity index (χ3v) is 4.43. The second kappa shape index (κ2) is 7.43. The number of benzene rings is 1. The number of nitrogens with zero attached hydrogens (tertiary/aromatic N) is 1. The Morgan fingerprint density at radius 3 is 2.45 bits per heavy atom. The van der Waals surface area contributed by atoms with Crippen molar-refractivity contribution in [2.24, 2.45) is 5.92 Å². The van der Waals surface area contributed by atoms with Crippen molar-refractivity contribution in [2.45, 2.75) is 52.0 Å². The van der Waals surface area contributed by atoms with Crippen molar-refractivity contribution in [3.05, 3.63) is 35.4 Å². The molecule has 1 aliphatic heterocycles. The van der Waals surface area contributed by atoms with Gasteiger partial charge >= 0.3 is 5.97 Å². The number of fused-ring (bicyclic) bond motifs is 1. The van der Waals surface area contributed by atoms with Crippen LogP contribution in [0.3, 0.4) is 0 Å². The maximum Gasteiger partial charge on any atom is 0.312 e. The Hall–Kier alpha value is -1.84. The molecule has 1 aromatic carbocycles. The zero-order valence-corrected chi connectivity index (χ0v) is 13.4. The van der Waals surface area contributed by atoms with E-state index in [2.05, 4.69) is 13.8 Å². The summed E-state index contributed by atoms with van der Waals surface area (Å²) in [5.74, 6) is -1.33. The van der Waals surface area contributed by atoms with E-state index in [1.165, 1.54) is 0 Å². The van der Waals surface area contributed by atoms with Gasteiger partial charge in [-0.1, -0.05) is 51.0 Å². The third kappa shape index (κ3) is 3.49. The summed E-state index contributed by atoms with van der Waals surface area (Å²) in [6.07, 6.45) is 3.71. The monoisotopic (exact) mass is 303 g/mol. The van der Waals surface area contributed by atoms with Gasteiger partial charge in [-0.15, -0.1) is 0 Å². The van der Waals surface area contributed by atoms with E-state index in [1.54, 1.807) is 4.90 Å². The standard InChI is InChI=1S/C18H25NO3/c1-3-7-13(8-4-2)17(20)19-11-14-9-5-6-10-15(14)16(12-19)18(21)22/h5-6,9-10,13,16H,3-4,7-8,11-12H2,1-2H3,(H,21,22). The molecule has 1 unspecified atom stereocenters. The van der Waals surface area contributed by atoms with Gasteiger partial charge in [0.2, 0.25) is 5.91 Å². The van der Waals surface area contributed by atoms with Crippen molar-refractivity contribution < 1.29 is 14.7 Å². The highest BCUT2D eigenvalue weighted by molar-refractivity contribution is 5.82. The number of carbonyl (C=O) groups is 2. The topological polar surface area (TPSA) is 57.6 Å². The Bertz CT molecular complexity index is 535. The minimum absolute atomic E-state index is 0.0229. The van der Waals surface area contributed by atoms with Gasteiger partial charge in [0.1, 0.15) is 0 Å². The molecule has 1 heterocycles. The van der Waals surface area contributed by atoms with Crippen molar-refractivity contribution in [3.63, 3.8) is 0 Å². The zero-order chi connectivity index (χ0) is 16.1. The van der Waals surface area contributed by atoms with Crippen molar-refractivity contribution in [3.8, 4) is 0 Å². The number of aliphatic carboxylic acids is 1. The van der Waals surface area contributed by atoms with Crippen LogP contribution in [0.4, 0.5) is 0 Å². The largest absolute Gasteiger partial charge is 0.481 e. The first kappa shape index (κ1) is 16.5. The Morgan fingerprint density at radius 1 is 1.23 bits per heavy atom. The predicted octanol–water partition coefficient (Wildman–Crippen LogP) is 3.41. The Balaban J connectivity index is 2.23. The summed E-state index contributed by atoms with van der Waals surface area (Å²) < 4.78 is 0. The van der Waals surface area contributed by atoms with Gasteiger partial charge in [-0.3, -0.25) is 9.59 Å². The molecule has 22 heavy (non-hydrogen) atoms. The van der Waals surface area contributed by atoms with Crippen molar-refractivity contribution in [2.75, 3.05) is 6.54 Å². The third-order valence-electron chi connectivity index (χ3n) is 4.43. The minimum atomic E-state index is -0.854. The zero-order valence-electron chi connectivity index (χ0n) is 13.4. The fourth-order valence-electron chi connectivity index (χ4n) is 3.33. The van der Waals surface area contributed by atoms with E-state index >= 15 is 0 Å². The fraction of sp³-hybridized carbons (Fsp3) is 0.556. The van der Waals surface area contributed by atoms with Crippen LogP contribution in [0, 0.1) is 5.92 Å². The van der Waals surface area contributed by atoms with E-state index in [1.807, 2.05) is 24.3 Å². The normalized spacial score (nSPS) is 17.4. The summed E-state index contributed by atoms with van der Waals surface area (Å²) >= 11 is 0. The van der Waals surface area contributed by atoms with Crippen LogP contribution in [0.15, 0.2) is 24.3 Å². The molecule has 0 aromatic heterocycles. The second-order valence-corrected chi connectivity index (χ2v) is 6.08. The summed E-state index contributed by atoms with van der Waals surface area (Å²) in [5.41, 5.74) is 1.81. The van der Waals surface area contributed by atoms with Gasteiger partial charge in [0.25, 0.3) is 0 Å². The lowest BCUT2D eigenvalue weighted by Gasteiger charge is -2.35. The highest BCUT2D eigenvalue weighted by atomic mass is 16.4. The van der Waals surface area contributed by atoms with Gasteiger partial charge in [0.05, 0.1) is 5.92 Å². The molecule has 0 spiro atoms. The maximum absolute atomic E-state index is 12.8. The molecule has 120 valence electrons. The quantitative estimate of drug-likeness (QED) is 0.876. The average Bonchev–Trinajstić information content (AvgIpc) is 2.52. The van der Waals surface area contributed by atoms with E-state index in [-0.39, 0.29) is 18.4 Å². The molecule has 0 saturated heterocycles. The molecule has 4 heteroatoms. The first-order valence-corrected chi connectivity index (χ1v) is 8.17. The number of carbonyl (C=O) groups excluding carboxylic acids is 1. The summed E-state index contributed by atoms with van der Waals surface area (Å²) in [5, 5.41) is 9.49. The Labute approximate surface area is 132 Å². The fourth-order valence-corrected chi connectivity index (χ4v) is 3.33. The number of hydrogen-bond donors (Lipinski definition) is 1. The molecule has 0 bridgehead atoms.